The Morgan fingerprint density at radius 2 is 1.64 bits per heavy atom. The van der Waals surface area contributed by atoms with Crippen molar-refractivity contribution in [3.63, 3.8) is 0 Å². The van der Waals surface area contributed by atoms with Gasteiger partial charge in [0.05, 0.1) is 18.1 Å². The highest BCUT2D eigenvalue weighted by atomic mass is 15.4. The van der Waals surface area contributed by atoms with E-state index in [0.29, 0.717) is 5.95 Å². The van der Waals surface area contributed by atoms with Crippen molar-refractivity contribution in [1.82, 2.24) is 15.2 Å². The molecule has 0 aliphatic heterocycles. The molecule has 1 heterocycles. The van der Waals surface area contributed by atoms with Gasteiger partial charge in [0.2, 0.25) is 0 Å². The largest absolute Gasteiger partial charge is 0.263 e. The van der Waals surface area contributed by atoms with Crippen LogP contribution in [0.4, 0.5) is 5.95 Å². The van der Waals surface area contributed by atoms with Gasteiger partial charge in [0.1, 0.15) is 0 Å². The fraction of sp³-hybridized carbons (Fsp3) is 0. The Kier molecular flexibility index (Phi) is 4.12. The van der Waals surface area contributed by atoms with Gasteiger partial charge < -0.3 is 0 Å². The van der Waals surface area contributed by atoms with Crippen LogP contribution in [0, 0.1) is 0 Å². The monoisotopic (exact) mass is 325 g/mol. The number of rotatable bonds is 4. The summed E-state index contributed by atoms with van der Waals surface area (Å²) in [5, 5.41) is 14.5. The number of anilines is 1. The second kappa shape index (κ2) is 6.88. The summed E-state index contributed by atoms with van der Waals surface area (Å²) < 4.78 is 0. The predicted octanol–water partition coefficient (Wildman–Crippen LogP) is 4.14. The highest BCUT2D eigenvalue weighted by Gasteiger charge is 2.01. The zero-order chi connectivity index (χ0) is 16.9. The van der Waals surface area contributed by atoms with E-state index < -0.39 is 0 Å². The maximum Gasteiger partial charge on any atom is 0.263 e. The SMILES string of the molecule is C(=N\Nc1nncc(-c2ccccc2)n1)/c1ccc2ccccc2c1. The zero-order valence-corrected chi connectivity index (χ0v) is 13.4. The summed E-state index contributed by atoms with van der Waals surface area (Å²) in [6.07, 6.45) is 3.37. The minimum atomic E-state index is 0.360. The van der Waals surface area contributed by atoms with E-state index in [1.165, 1.54) is 10.8 Å². The minimum Gasteiger partial charge on any atom is -0.244 e. The molecule has 120 valence electrons. The van der Waals surface area contributed by atoms with Crippen molar-refractivity contribution in [2.45, 2.75) is 0 Å². The van der Waals surface area contributed by atoms with Gasteiger partial charge in [0.15, 0.2) is 0 Å². The predicted molar refractivity (Wildman–Crippen MR) is 100 cm³/mol. The van der Waals surface area contributed by atoms with E-state index in [9.17, 15) is 0 Å². The third-order valence-corrected chi connectivity index (χ3v) is 3.78. The van der Waals surface area contributed by atoms with Crippen LogP contribution in [0.15, 0.2) is 84.1 Å². The lowest BCUT2D eigenvalue weighted by Gasteiger charge is -2.02. The average molecular weight is 325 g/mol. The smallest absolute Gasteiger partial charge is 0.244 e. The van der Waals surface area contributed by atoms with Crippen molar-refractivity contribution in [2.75, 3.05) is 5.43 Å². The Bertz CT molecular complexity index is 1030. The topological polar surface area (TPSA) is 63.1 Å². The second-order valence-electron chi connectivity index (χ2n) is 5.51. The molecule has 25 heavy (non-hydrogen) atoms. The van der Waals surface area contributed by atoms with E-state index in [-0.39, 0.29) is 0 Å². The first-order valence-corrected chi connectivity index (χ1v) is 7.91. The van der Waals surface area contributed by atoms with Crippen LogP contribution >= 0.6 is 0 Å². The molecule has 0 atom stereocenters. The lowest BCUT2D eigenvalue weighted by Crippen LogP contribution is -1.99. The fourth-order valence-electron chi connectivity index (χ4n) is 2.55. The molecule has 3 aromatic carbocycles. The van der Waals surface area contributed by atoms with Gasteiger partial charge in [0, 0.05) is 5.56 Å². The van der Waals surface area contributed by atoms with Gasteiger partial charge in [-0.3, -0.25) is 0 Å². The van der Waals surface area contributed by atoms with Crippen LogP contribution < -0.4 is 5.43 Å². The van der Waals surface area contributed by atoms with Crippen LogP contribution in [-0.2, 0) is 0 Å². The third kappa shape index (κ3) is 3.50. The first-order valence-electron chi connectivity index (χ1n) is 7.91. The summed E-state index contributed by atoms with van der Waals surface area (Å²) in [5.41, 5.74) is 5.57. The van der Waals surface area contributed by atoms with Gasteiger partial charge in [-0.15, -0.1) is 5.10 Å². The molecule has 0 fully saturated rings. The molecular weight excluding hydrogens is 310 g/mol. The molecule has 0 unspecified atom stereocenters. The summed E-state index contributed by atoms with van der Waals surface area (Å²) in [6, 6.07) is 24.2. The van der Waals surface area contributed by atoms with E-state index in [1.807, 2.05) is 48.5 Å². The molecule has 5 nitrogen and oxygen atoms in total. The first kappa shape index (κ1) is 15.0. The number of nitrogens with one attached hydrogen (secondary N) is 1. The number of nitrogens with zero attached hydrogens (tertiary/aromatic N) is 4. The van der Waals surface area contributed by atoms with Gasteiger partial charge in [-0.05, 0) is 22.4 Å². The first-order chi connectivity index (χ1) is 12.4. The van der Waals surface area contributed by atoms with Crippen molar-refractivity contribution >= 4 is 22.9 Å². The van der Waals surface area contributed by atoms with Crippen molar-refractivity contribution in [1.29, 1.82) is 0 Å². The number of benzene rings is 3. The number of aromatic nitrogens is 3. The van der Waals surface area contributed by atoms with Crippen LogP contribution in [0.2, 0.25) is 0 Å². The summed E-state index contributed by atoms with van der Waals surface area (Å²) in [5.74, 6) is 0.360. The quantitative estimate of drug-likeness (QED) is 0.452. The molecule has 0 bridgehead atoms. The summed E-state index contributed by atoms with van der Waals surface area (Å²) >= 11 is 0. The van der Waals surface area contributed by atoms with Crippen molar-refractivity contribution < 1.29 is 0 Å². The van der Waals surface area contributed by atoms with Crippen LogP contribution in [0.3, 0.4) is 0 Å². The molecule has 0 saturated carbocycles. The van der Waals surface area contributed by atoms with Crippen LogP contribution in [-0.4, -0.2) is 21.4 Å². The molecule has 4 aromatic rings. The number of fused-ring (bicyclic) bond motifs is 1. The maximum absolute atomic E-state index is 4.43. The van der Waals surface area contributed by atoms with E-state index in [4.69, 9.17) is 0 Å². The molecule has 4 rings (SSSR count). The molecule has 5 heteroatoms. The molecule has 0 aliphatic rings. The van der Waals surface area contributed by atoms with Crippen LogP contribution in [0.1, 0.15) is 5.56 Å². The maximum atomic E-state index is 4.43. The second-order valence-corrected chi connectivity index (χ2v) is 5.51. The Morgan fingerprint density at radius 3 is 2.52 bits per heavy atom. The van der Waals surface area contributed by atoms with E-state index in [0.717, 1.165) is 16.8 Å². The molecule has 1 aromatic heterocycles. The van der Waals surface area contributed by atoms with Crippen molar-refractivity contribution in [2.24, 2.45) is 5.10 Å². The van der Waals surface area contributed by atoms with Gasteiger partial charge in [-0.25, -0.2) is 10.4 Å². The molecule has 0 amide bonds. The molecule has 0 radical (unpaired) electrons. The summed E-state index contributed by atoms with van der Waals surface area (Å²) in [4.78, 5) is 4.43. The molecule has 1 N–H and O–H groups in total. The fourth-order valence-corrected chi connectivity index (χ4v) is 2.55. The Labute approximate surface area is 145 Å². The Morgan fingerprint density at radius 1 is 0.840 bits per heavy atom. The van der Waals surface area contributed by atoms with E-state index >= 15 is 0 Å². The van der Waals surface area contributed by atoms with E-state index in [1.54, 1.807) is 12.4 Å². The van der Waals surface area contributed by atoms with Gasteiger partial charge >= 0.3 is 0 Å². The molecule has 0 spiro atoms. The summed E-state index contributed by atoms with van der Waals surface area (Å²) in [6.45, 7) is 0. The number of hydrogen-bond acceptors (Lipinski definition) is 5. The molecule has 0 aliphatic carbocycles. The van der Waals surface area contributed by atoms with Gasteiger partial charge in [0.25, 0.3) is 5.95 Å². The minimum absolute atomic E-state index is 0.360. The van der Waals surface area contributed by atoms with Crippen molar-refractivity contribution in [3.8, 4) is 11.3 Å². The standard InChI is InChI=1S/C20H15N5/c1-2-7-17(8-3-1)19-14-22-25-20(23-19)24-21-13-15-10-11-16-6-4-5-9-18(16)12-15/h1-14H,(H,23,24,25)/b21-13+. The van der Waals surface area contributed by atoms with Gasteiger partial charge in [-0.2, -0.15) is 10.2 Å². The highest BCUT2D eigenvalue weighted by molar-refractivity contribution is 5.90. The van der Waals surface area contributed by atoms with E-state index in [2.05, 4.69) is 50.0 Å². The number of hydrazone groups is 1. The lowest BCUT2D eigenvalue weighted by atomic mass is 10.1. The van der Waals surface area contributed by atoms with Gasteiger partial charge in [-0.1, -0.05) is 66.7 Å². The number of hydrogen-bond donors (Lipinski definition) is 1. The summed E-state index contributed by atoms with van der Waals surface area (Å²) in [7, 11) is 0. The Balaban J connectivity index is 1.51. The lowest BCUT2D eigenvalue weighted by molar-refractivity contribution is 0.967. The molecule has 0 saturated heterocycles. The Hall–Kier alpha value is -3.60. The van der Waals surface area contributed by atoms with Crippen LogP contribution in [0.5, 0.6) is 0 Å². The molecular formula is C20H15N5. The zero-order valence-electron chi connectivity index (χ0n) is 13.4. The van der Waals surface area contributed by atoms with Crippen LogP contribution in [0.25, 0.3) is 22.0 Å². The third-order valence-electron chi connectivity index (χ3n) is 3.78. The van der Waals surface area contributed by atoms with Crippen molar-refractivity contribution in [3.05, 3.63) is 84.6 Å². The normalized spacial score (nSPS) is 11.0. The highest BCUT2D eigenvalue weighted by Crippen LogP contribution is 2.16. The average Bonchev–Trinajstić information content (AvgIpc) is 2.69.